The number of aromatic amines is 1. The first-order chi connectivity index (χ1) is 8.53. The zero-order chi connectivity index (χ0) is 13.2. The molecule has 0 aliphatic heterocycles. The highest BCUT2D eigenvalue weighted by atomic mass is 32.1. The lowest BCUT2D eigenvalue weighted by atomic mass is 10.1. The number of nitrogens with zero attached hydrogens (tertiary/aromatic N) is 1. The van der Waals surface area contributed by atoms with Crippen LogP contribution in [0.4, 0.5) is 0 Å². The maximum absolute atomic E-state index is 5.48. The van der Waals surface area contributed by atoms with Crippen molar-refractivity contribution in [1.29, 1.82) is 0 Å². The fourth-order valence-electron chi connectivity index (χ4n) is 1.85. The summed E-state index contributed by atoms with van der Waals surface area (Å²) in [6.07, 6.45) is 1.95. The van der Waals surface area contributed by atoms with Gasteiger partial charge in [0.15, 0.2) is 4.77 Å². The third-order valence-electron chi connectivity index (χ3n) is 3.03. The number of rotatable bonds is 4. The summed E-state index contributed by atoms with van der Waals surface area (Å²) in [5.74, 6) is 0. The van der Waals surface area contributed by atoms with Crippen LogP contribution in [0.15, 0.2) is 36.5 Å². The van der Waals surface area contributed by atoms with E-state index in [0.29, 0.717) is 0 Å². The van der Waals surface area contributed by atoms with Crippen molar-refractivity contribution in [2.24, 2.45) is 0 Å². The van der Waals surface area contributed by atoms with Gasteiger partial charge in [-0.1, -0.05) is 30.3 Å². The Morgan fingerprint density at radius 2 is 1.94 bits per heavy atom. The van der Waals surface area contributed by atoms with Crippen LogP contribution < -0.4 is 0 Å². The van der Waals surface area contributed by atoms with Crippen molar-refractivity contribution in [2.45, 2.75) is 26.0 Å². The van der Waals surface area contributed by atoms with Crippen LogP contribution in [0.25, 0.3) is 11.3 Å². The van der Waals surface area contributed by atoms with Crippen LogP contribution >= 0.6 is 12.2 Å². The van der Waals surface area contributed by atoms with Gasteiger partial charge < -0.3 is 14.3 Å². The number of ether oxygens (including phenoxy) is 1. The van der Waals surface area contributed by atoms with Crippen LogP contribution in [0.2, 0.25) is 0 Å². The Balaban J connectivity index is 2.43. The SMILES string of the molecule is COC(C)(C)Cn1c(-c2ccccc2)c[nH]c1=S. The van der Waals surface area contributed by atoms with Gasteiger partial charge >= 0.3 is 0 Å². The normalized spacial score (nSPS) is 11.7. The minimum Gasteiger partial charge on any atom is -0.377 e. The zero-order valence-electron chi connectivity index (χ0n) is 10.9. The van der Waals surface area contributed by atoms with Gasteiger partial charge in [0.25, 0.3) is 0 Å². The standard InChI is InChI=1S/C14H18N2OS/c1-14(2,17-3)10-16-12(9-15-13(16)18)11-7-5-4-6-8-11/h4-9H,10H2,1-3H3,(H,15,18). The fraction of sp³-hybridized carbons (Fsp3) is 0.357. The molecule has 0 unspecified atom stereocenters. The first kappa shape index (κ1) is 13.1. The first-order valence-corrected chi connectivity index (χ1v) is 6.33. The van der Waals surface area contributed by atoms with Crippen LogP contribution in [-0.2, 0) is 11.3 Å². The molecule has 1 heterocycles. The van der Waals surface area contributed by atoms with Crippen LogP contribution in [-0.4, -0.2) is 22.3 Å². The van der Waals surface area contributed by atoms with Crippen LogP contribution in [0.1, 0.15) is 13.8 Å². The van der Waals surface area contributed by atoms with Crippen molar-refractivity contribution < 1.29 is 4.74 Å². The number of nitrogens with one attached hydrogen (secondary N) is 1. The number of benzene rings is 1. The minimum absolute atomic E-state index is 0.246. The fourth-order valence-corrected chi connectivity index (χ4v) is 2.07. The highest BCUT2D eigenvalue weighted by molar-refractivity contribution is 7.71. The van der Waals surface area contributed by atoms with Crippen molar-refractivity contribution in [3.05, 3.63) is 41.3 Å². The number of hydrogen-bond acceptors (Lipinski definition) is 2. The van der Waals surface area contributed by atoms with Gasteiger partial charge in [0.05, 0.1) is 17.8 Å². The largest absolute Gasteiger partial charge is 0.377 e. The molecule has 2 rings (SSSR count). The van der Waals surface area contributed by atoms with E-state index in [-0.39, 0.29) is 5.60 Å². The molecule has 0 aliphatic rings. The third kappa shape index (κ3) is 2.71. The Morgan fingerprint density at radius 1 is 1.28 bits per heavy atom. The van der Waals surface area contributed by atoms with E-state index in [0.717, 1.165) is 22.6 Å². The van der Waals surface area contributed by atoms with Crippen molar-refractivity contribution in [3.63, 3.8) is 0 Å². The molecule has 1 aromatic carbocycles. The topological polar surface area (TPSA) is 29.9 Å². The predicted molar refractivity (Wildman–Crippen MR) is 76.1 cm³/mol. The maximum Gasteiger partial charge on any atom is 0.177 e. The van der Waals surface area contributed by atoms with Gasteiger partial charge in [0.2, 0.25) is 0 Å². The lowest BCUT2D eigenvalue weighted by Gasteiger charge is -2.24. The molecular weight excluding hydrogens is 244 g/mol. The highest BCUT2D eigenvalue weighted by Gasteiger charge is 2.19. The predicted octanol–water partition coefficient (Wildman–Crippen LogP) is 3.64. The summed E-state index contributed by atoms with van der Waals surface area (Å²) in [6, 6.07) is 10.2. The van der Waals surface area contributed by atoms with Crippen LogP contribution in [0.3, 0.4) is 0 Å². The summed E-state index contributed by atoms with van der Waals surface area (Å²) < 4.78 is 8.27. The molecule has 1 aromatic heterocycles. The van der Waals surface area contributed by atoms with E-state index < -0.39 is 0 Å². The number of aromatic nitrogens is 2. The number of H-pyrrole nitrogens is 1. The molecule has 18 heavy (non-hydrogen) atoms. The van der Waals surface area contributed by atoms with Crippen molar-refractivity contribution in [1.82, 2.24) is 9.55 Å². The van der Waals surface area contributed by atoms with E-state index >= 15 is 0 Å². The Bertz CT molecular complexity index is 569. The molecule has 96 valence electrons. The first-order valence-electron chi connectivity index (χ1n) is 5.92. The molecule has 0 atom stereocenters. The molecule has 0 spiro atoms. The molecule has 4 heteroatoms. The molecule has 0 fully saturated rings. The van der Waals surface area contributed by atoms with E-state index in [9.17, 15) is 0 Å². The van der Waals surface area contributed by atoms with Crippen LogP contribution in [0, 0.1) is 4.77 Å². The van der Waals surface area contributed by atoms with Gasteiger partial charge in [0, 0.05) is 13.3 Å². The third-order valence-corrected chi connectivity index (χ3v) is 3.37. The van der Waals surface area contributed by atoms with Crippen molar-refractivity contribution >= 4 is 12.2 Å². The minimum atomic E-state index is -0.246. The summed E-state index contributed by atoms with van der Waals surface area (Å²) in [6.45, 7) is 4.82. The summed E-state index contributed by atoms with van der Waals surface area (Å²) in [5, 5.41) is 0. The Hall–Kier alpha value is -1.39. The number of imidazole rings is 1. The molecule has 0 radical (unpaired) electrons. The molecule has 0 saturated heterocycles. The monoisotopic (exact) mass is 262 g/mol. The van der Waals surface area contributed by atoms with Gasteiger partial charge in [-0.3, -0.25) is 0 Å². The summed E-state index contributed by atoms with van der Waals surface area (Å²) >= 11 is 5.34. The Kier molecular flexibility index (Phi) is 3.68. The summed E-state index contributed by atoms with van der Waals surface area (Å²) in [5.41, 5.74) is 1.99. The molecule has 0 amide bonds. The molecule has 0 saturated carbocycles. The maximum atomic E-state index is 5.48. The van der Waals surface area contributed by atoms with E-state index in [1.165, 1.54) is 0 Å². The molecule has 3 nitrogen and oxygen atoms in total. The smallest absolute Gasteiger partial charge is 0.177 e. The summed E-state index contributed by atoms with van der Waals surface area (Å²) in [7, 11) is 1.72. The van der Waals surface area contributed by atoms with Gasteiger partial charge in [-0.15, -0.1) is 0 Å². The van der Waals surface area contributed by atoms with E-state index in [1.807, 2.05) is 24.4 Å². The molecule has 2 aromatic rings. The Labute approximate surface area is 112 Å². The van der Waals surface area contributed by atoms with E-state index in [1.54, 1.807) is 7.11 Å². The highest BCUT2D eigenvalue weighted by Crippen LogP contribution is 2.22. The average Bonchev–Trinajstić information content (AvgIpc) is 2.72. The van der Waals surface area contributed by atoms with Crippen molar-refractivity contribution in [2.75, 3.05) is 7.11 Å². The van der Waals surface area contributed by atoms with E-state index in [4.69, 9.17) is 17.0 Å². The van der Waals surface area contributed by atoms with Gasteiger partial charge in [0.1, 0.15) is 0 Å². The zero-order valence-corrected chi connectivity index (χ0v) is 11.8. The van der Waals surface area contributed by atoms with Gasteiger partial charge in [-0.25, -0.2) is 0 Å². The average molecular weight is 262 g/mol. The lowest BCUT2D eigenvalue weighted by molar-refractivity contribution is 0.00820. The summed E-state index contributed by atoms with van der Waals surface area (Å²) in [4.78, 5) is 3.10. The second-order valence-corrected chi connectivity index (χ2v) is 5.28. The van der Waals surface area contributed by atoms with Gasteiger partial charge in [-0.05, 0) is 31.6 Å². The van der Waals surface area contributed by atoms with Crippen molar-refractivity contribution in [3.8, 4) is 11.3 Å². The molecule has 0 bridgehead atoms. The second-order valence-electron chi connectivity index (χ2n) is 4.90. The van der Waals surface area contributed by atoms with Gasteiger partial charge in [-0.2, -0.15) is 0 Å². The number of hydrogen-bond donors (Lipinski definition) is 1. The Morgan fingerprint density at radius 3 is 2.56 bits per heavy atom. The molecular formula is C14H18N2OS. The lowest BCUT2D eigenvalue weighted by Crippen LogP contribution is -2.29. The number of methoxy groups -OCH3 is 1. The molecule has 1 N–H and O–H groups in total. The van der Waals surface area contributed by atoms with E-state index in [2.05, 4.69) is 35.5 Å². The molecule has 0 aliphatic carbocycles. The second kappa shape index (κ2) is 5.08. The van der Waals surface area contributed by atoms with Crippen LogP contribution in [0.5, 0.6) is 0 Å². The quantitative estimate of drug-likeness (QED) is 0.853.